The van der Waals surface area contributed by atoms with E-state index in [-0.39, 0.29) is 0 Å². The molecule has 1 unspecified atom stereocenters. The lowest BCUT2D eigenvalue weighted by Crippen LogP contribution is -2.24. The van der Waals surface area contributed by atoms with Crippen LogP contribution in [-0.2, 0) is 11.3 Å². The normalized spacial score (nSPS) is 18.8. The summed E-state index contributed by atoms with van der Waals surface area (Å²) in [5.74, 6) is 0.806. The molecule has 0 spiro atoms. The number of nitrogens with one attached hydrogen (secondary N) is 1. The number of hydrogen-bond donors (Lipinski definition) is 1. The first-order valence-corrected chi connectivity index (χ1v) is 7.86. The number of halogens is 1. The number of para-hydroxylation sites is 1. The first-order chi connectivity index (χ1) is 9.76. The lowest BCUT2D eigenvalue weighted by Gasteiger charge is -2.23. The van der Waals surface area contributed by atoms with Gasteiger partial charge in [0.15, 0.2) is 0 Å². The summed E-state index contributed by atoms with van der Waals surface area (Å²) >= 11 is 6.45. The number of rotatable bonds is 7. The SMILES string of the molecule is CCC1CCN(c2c(Cl)cccc2CNCCOC)C1. The van der Waals surface area contributed by atoms with E-state index in [9.17, 15) is 0 Å². The zero-order chi connectivity index (χ0) is 14.4. The highest BCUT2D eigenvalue weighted by molar-refractivity contribution is 6.33. The van der Waals surface area contributed by atoms with E-state index in [0.29, 0.717) is 0 Å². The molecule has 1 aromatic carbocycles. The Morgan fingerprint density at radius 2 is 2.30 bits per heavy atom. The summed E-state index contributed by atoms with van der Waals surface area (Å²) in [6, 6.07) is 6.20. The Hall–Kier alpha value is -0.770. The fourth-order valence-electron chi connectivity index (χ4n) is 2.82. The molecular weight excluding hydrogens is 272 g/mol. The Labute approximate surface area is 127 Å². The van der Waals surface area contributed by atoms with Crippen molar-refractivity contribution in [2.24, 2.45) is 5.92 Å². The second-order valence-electron chi connectivity index (χ2n) is 5.43. The van der Waals surface area contributed by atoms with Gasteiger partial charge in [0, 0.05) is 33.3 Å². The standard InChI is InChI=1S/C16H25ClN2O/c1-3-13-7-9-19(12-13)16-14(5-4-6-15(16)17)11-18-8-10-20-2/h4-6,13,18H,3,7-12H2,1-2H3. The van der Waals surface area contributed by atoms with Gasteiger partial charge in [-0.2, -0.15) is 0 Å². The topological polar surface area (TPSA) is 24.5 Å². The van der Waals surface area contributed by atoms with Crippen LogP contribution in [0.5, 0.6) is 0 Å². The number of methoxy groups -OCH3 is 1. The van der Waals surface area contributed by atoms with Gasteiger partial charge in [0.2, 0.25) is 0 Å². The lowest BCUT2D eigenvalue weighted by atomic mass is 10.1. The molecule has 112 valence electrons. The highest BCUT2D eigenvalue weighted by atomic mass is 35.5. The van der Waals surface area contributed by atoms with Crippen LogP contribution in [0, 0.1) is 5.92 Å². The maximum atomic E-state index is 6.45. The van der Waals surface area contributed by atoms with Crippen LogP contribution < -0.4 is 10.2 Å². The molecule has 0 saturated carbocycles. The van der Waals surface area contributed by atoms with Crippen LogP contribution in [0.3, 0.4) is 0 Å². The molecule has 3 nitrogen and oxygen atoms in total. The monoisotopic (exact) mass is 296 g/mol. The number of ether oxygens (including phenoxy) is 1. The van der Waals surface area contributed by atoms with E-state index in [2.05, 4.69) is 23.2 Å². The molecule has 1 N–H and O–H groups in total. The molecule has 1 atom stereocenters. The van der Waals surface area contributed by atoms with Crippen molar-refractivity contribution in [2.45, 2.75) is 26.3 Å². The van der Waals surface area contributed by atoms with Gasteiger partial charge in [-0.25, -0.2) is 0 Å². The van der Waals surface area contributed by atoms with Gasteiger partial charge in [-0.05, 0) is 24.0 Å². The number of nitrogens with zero attached hydrogens (tertiary/aromatic N) is 1. The van der Waals surface area contributed by atoms with Crippen LogP contribution in [0.25, 0.3) is 0 Å². The van der Waals surface area contributed by atoms with Crippen LogP contribution >= 0.6 is 11.6 Å². The molecule has 0 radical (unpaired) electrons. The molecule has 1 aromatic rings. The molecule has 2 rings (SSSR count). The summed E-state index contributed by atoms with van der Waals surface area (Å²) < 4.78 is 5.06. The average molecular weight is 297 g/mol. The predicted octanol–water partition coefficient (Wildman–Crippen LogP) is 3.31. The zero-order valence-electron chi connectivity index (χ0n) is 12.5. The lowest BCUT2D eigenvalue weighted by molar-refractivity contribution is 0.199. The molecular formula is C16H25ClN2O. The Kier molecular flexibility index (Phi) is 6.14. The molecule has 0 aliphatic carbocycles. The van der Waals surface area contributed by atoms with Gasteiger partial charge in [-0.1, -0.05) is 37.1 Å². The summed E-state index contributed by atoms with van der Waals surface area (Å²) in [5.41, 5.74) is 2.50. The second kappa shape index (κ2) is 7.87. The molecule has 4 heteroatoms. The van der Waals surface area contributed by atoms with E-state index in [1.54, 1.807) is 7.11 Å². The third-order valence-corrected chi connectivity index (χ3v) is 4.35. The Morgan fingerprint density at radius 3 is 3.00 bits per heavy atom. The van der Waals surface area contributed by atoms with E-state index >= 15 is 0 Å². The van der Waals surface area contributed by atoms with Crippen molar-refractivity contribution < 1.29 is 4.74 Å². The van der Waals surface area contributed by atoms with Gasteiger partial charge < -0.3 is 15.0 Å². The van der Waals surface area contributed by atoms with Crippen LogP contribution in [0.4, 0.5) is 5.69 Å². The van der Waals surface area contributed by atoms with Gasteiger partial charge in [-0.3, -0.25) is 0 Å². The zero-order valence-corrected chi connectivity index (χ0v) is 13.2. The molecule has 1 heterocycles. The molecule has 20 heavy (non-hydrogen) atoms. The summed E-state index contributed by atoms with van der Waals surface area (Å²) in [7, 11) is 1.72. The van der Waals surface area contributed by atoms with Crippen molar-refractivity contribution in [3.63, 3.8) is 0 Å². The smallest absolute Gasteiger partial charge is 0.0642 e. The minimum absolute atomic E-state index is 0.734. The molecule has 1 saturated heterocycles. The summed E-state index contributed by atoms with van der Waals surface area (Å²) in [4.78, 5) is 2.45. The number of hydrogen-bond acceptors (Lipinski definition) is 3. The first kappa shape index (κ1) is 15.6. The van der Waals surface area contributed by atoms with Gasteiger partial charge in [0.05, 0.1) is 17.3 Å². The van der Waals surface area contributed by atoms with E-state index in [1.165, 1.54) is 24.1 Å². The fourth-order valence-corrected chi connectivity index (χ4v) is 3.14. The summed E-state index contributed by atoms with van der Waals surface area (Å²) in [6.07, 6.45) is 2.53. The van der Waals surface area contributed by atoms with Crippen molar-refractivity contribution in [2.75, 3.05) is 38.3 Å². The Morgan fingerprint density at radius 1 is 1.45 bits per heavy atom. The van der Waals surface area contributed by atoms with Gasteiger partial charge >= 0.3 is 0 Å². The third kappa shape index (κ3) is 3.87. The second-order valence-corrected chi connectivity index (χ2v) is 5.83. The highest BCUT2D eigenvalue weighted by Gasteiger charge is 2.24. The first-order valence-electron chi connectivity index (χ1n) is 7.48. The average Bonchev–Trinajstić information content (AvgIpc) is 2.92. The van der Waals surface area contributed by atoms with Crippen molar-refractivity contribution in [1.82, 2.24) is 5.32 Å². The van der Waals surface area contributed by atoms with Crippen molar-refractivity contribution >= 4 is 17.3 Å². The largest absolute Gasteiger partial charge is 0.383 e. The minimum atomic E-state index is 0.734. The van der Waals surface area contributed by atoms with Crippen LogP contribution in [0.1, 0.15) is 25.3 Å². The Balaban J connectivity index is 2.06. The quantitative estimate of drug-likeness (QED) is 0.781. The van der Waals surface area contributed by atoms with E-state index in [4.69, 9.17) is 16.3 Å². The molecule has 1 aliphatic rings. The third-order valence-electron chi connectivity index (χ3n) is 4.05. The van der Waals surface area contributed by atoms with Crippen molar-refractivity contribution in [1.29, 1.82) is 0 Å². The Bertz CT molecular complexity index is 425. The minimum Gasteiger partial charge on any atom is -0.383 e. The fraction of sp³-hybridized carbons (Fsp3) is 0.625. The van der Waals surface area contributed by atoms with Crippen LogP contribution in [0.15, 0.2) is 18.2 Å². The van der Waals surface area contributed by atoms with Crippen molar-refractivity contribution in [3.05, 3.63) is 28.8 Å². The number of anilines is 1. The van der Waals surface area contributed by atoms with E-state index < -0.39 is 0 Å². The maximum Gasteiger partial charge on any atom is 0.0642 e. The van der Waals surface area contributed by atoms with Crippen LogP contribution in [-0.4, -0.2) is 33.4 Å². The van der Waals surface area contributed by atoms with Crippen molar-refractivity contribution in [3.8, 4) is 0 Å². The van der Waals surface area contributed by atoms with E-state index in [1.807, 2.05) is 12.1 Å². The van der Waals surface area contributed by atoms with Gasteiger partial charge in [0.25, 0.3) is 0 Å². The highest BCUT2D eigenvalue weighted by Crippen LogP contribution is 2.34. The van der Waals surface area contributed by atoms with Gasteiger partial charge in [0.1, 0.15) is 0 Å². The number of benzene rings is 1. The van der Waals surface area contributed by atoms with Gasteiger partial charge in [-0.15, -0.1) is 0 Å². The van der Waals surface area contributed by atoms with E-state index in [0.717, 1.165) is 43.7 Å². The molecule has 0 aromatic heterocycles. The summed E-state index contributed by atoms with van der Waals surface area (Å²) in [6.45, 7) is 6.96. The molecule has 0 amide bonds. The predicted molar refractivity (Wildman–Crippen MR) is 85.6 cm³/mol. The molecule has 0 bridgehead atoms. The molecule has 1 fully saturated rings. The molecule has 1 aliphatic heterocycles. The summed E-state index contributed by atoms with van der Waals surface area (Å²) in [5, 5.41) is 4.28. The maximum absolute atomic E-state index is 6.45. The van der Waals surface area contributed by atoms with Crippen LogP contribution in [0.2, 0.25) is 5.02 Å².